The van der Waals surface area contributed by atoms with Crippen molar-refractivity contribution in [3.63, 3.8) is 0 Å². The molecule has 0 amide bonds. The van der Waals surface area contributed by atoms with Crippen molar-refractivity contribution < 1.29 is 0 Å². The van der Waals surface area contributed by atoms with Gasteiger partial charge in [0.15, 0.2) is 0 Å². The highest BCUT2D eigenvalue weighted by Crippen LogP contribution is 2.14. The van der Waals surface area contributed by atoms with E-state index < -0.39 is 0 Å². The van der Waals surface area contributed by atoms with Crippen LogP contribution < -0.4 is 5.73 Å². The second-order valence-electron chi connectivity index (χ2n) is 4.32. The molecule has 1 unspecified atom stereocenters. The largest absolute Gasteiger partial charge is 0.393 e. The fourth-order valence-electron chi connectivity index (χ4n) is 2.13. The normalized spacial score (nSPS) is 22.4. The average Bonchev–Trinajstić information content (AvgIpc) is 2.00. The highest BCUT2D eigenvalue weighted by molar-refractivity contribution is 7.80. The molecule has 0 bridgehead atoms. The molecule has 1 fully saturated rings. The summed E-state index contributed by atoms with van der Waals surface area (Å²) >= 11 is 4.95. The van der Waals surface area contributed by atoms with Crippen LogP contribution in [0.3, 0.4) is 0 Å². The lowest BCUT2D eigenvalue weighted by molar-refractivity contribution is 0.194. The van der Waals surface area contributed by atoms with Gasteiger partial charge in [-0.05, 0) is 32.9 Å². The third-order valence-corrected chi connectivity index (χ3v) is 3.18. The van der Waals surface area contributed by atoms with Crippen molar-refractivity contribution in [1.82, 2.24) is 4.90 Å². The van der Waals surface area contributed by atoms with Gasteiger partial charge in [0.05, 0.1) is 4.99 Å². The second kappa shape index (κ2) is 6.36. The lowest BCUT2D eigenvalue weighted by Gasteiger charge is -2.30. The number of hydrogen-bond acceptors (Lipinski definition) is 2. The van der Waals surface area contributed by atoms with E-state index in [9.17, 15) is 0 Å². The lowest BCUT2D eigenvalue weighted by atomic mass is 10.1. The van der Waals surface area contributed by atoms with E-state index in [4.69, 9.17) is 18.0 Å². The average molecular weight is 214 g/mol. The lowest BCUT2D eigenvalue weighted by Crippen LogP contribution is -2.37. The Kier molecular flexibility index (Phi) is 5.41. The molecular formula is C11H22N2S. The van der Waals surface area contributed by atoms with Crippen LogP contribution in [0, 0.1) is 0 Å². The van der Waals surface area contributed by atoms with E-state index in [1.54, 1.807) is 0 Å². The zero-order valence-electron chi connectivity index (χ0n) is 9.17. The highest BCUT2D eigenvalue weighted by Gasteiger charge is 2.15. The van der Waals surface area contributed by atoms with Gasteiger partial charge in [-0.1, -0.05) is 31.5 Å². The summed E-state index contributed by atoms with van der Waals surface area (Å²) in [5, 5.41) is 0. The molecule has 1 rings (SSSR count). The first-order chi connectivity index (χ1) is 6.70. The van der Waals surface area contributed by atoms with Gasteiger partial charge in [-0.25, -0.2) is 0 Å². The highest BCUT2D eigenvalue weighted by atomic mass is 32.1. The monoisotopic (exact) mass is 214 g/mol. The fourth-order valence-corrected chi connectivity index (χ4v) is 2.37. The van der Waals surface area contributed by atoms with Gasteiger partial charge >= 0.3 is 0 Å². The van der Waals surface area contributed by atoms with Crippen LogP contribution in [0.15, 0.2) is 0 Å². The van der Waals surface area contributed by atoms with Crippen LogP contribution in [0.5, 0.6) is 0 Å². The Bertz CT molecular complexity index is 174. The van der Waals surface area contributed by atoms with Crippen LogP contribution in [0.1, 0.15) is 45.4 Å². The minimum Gasteiger partial charge on any atom is -0.393 e. The molecule has 1 aliphatic heterocycles. The molecule has 2 N–H and O–H groups in total. The number of nitrogens with zero attached hydrogens (tertiary/aromatic N) is 1. The molecule has 1 heterocycles. The molecule has 0 aromatic rings. The van der Waals surface area contributed by atoms with E-state index in [0.717, 1.165) is 6.42 Å². The van der Waals surface area contributed by atoms with Crippen LogP contribution in [0.25, 0.3) is 0 Å². The maximum Gasteiger partial charge on any atom is 0.0742 e. The van der Waals surface area contributed by atoms with E-state index in [0.29, 0.717) is 11.0 Å². The summed E-state index contributed by atoms with van der Waals surface area (Å²) in [6.07, 6.45) is 7.72. The number of hydrogen-bond donors (Lipinski definition) is 1. The summed E-state index contributed by atoms with van der Waals surface area (Å²) in [5.41, 5.74) is 5.57. The van der Waals surface area contributed by atoms with Crippen LogP contribution >= 0.6 is 12.2 Å². The van der Waals surface area contributed by atoms with Crippen LogP contribution in [0.4, 0.5) is 0 Å². The molecule has 14 heavy (non-hydrogen) atoms. The molecule has 2 nitrogen and oxygen atoms in total. The van der Waals surface area contributed by atoms with Gasteiger partial charge in [-0.3, -0.25) is 0 Å². The Morgan fingerprint density at radius 1 is 1.21 bits per heavy atom. The molecule has 0 radical (unpaired) electrons. The van der Waals surface area contributed by atoms with E-state index >= 15 is 0 Å². The zero-order chi connectivity index (χ0) is 10.4. The summed E-state index contributed by atoms with van der Waals surface area (Å²) in [6.45, 7) is 4.69. The molecule has 3 heteroatoms. The maximum absolute atomic E-state index is 5.57. The summed E-state index contributed by atoms with van der Waals surface area (Å²) < 4.78 is 0. The number of rotatable bonds is 3. The van der Waals surface area contributed by atoms with Crippen LogP contribution in [-0.2, 0) is 0 Å². The van der Waals surface area contributed by atoms with Crippen molar-refractivity contribution in [1.29, 1.82) is 0 Å². The summed E-state index contributed by atoms with van der Waals surface area (Å²) in [5.74, 6) is 0. The molecule has 0 saturated carbocycles. The predicted molar refractivity (Wildman–Crippen MR) is 65.5 cm³/mol. The SMILES string of the molecule is CC(CC(N)=S)N1CCCCCCC1. The van der Waals surface area contributed by atoms with E-state index in [1.807, 2.05) is 0 Å². The smallest absolute Gasteiger partial charge is 0.0742 e. The topological polar surface area (TPSA) is 29.3 Å². The standard InChI is InChI=1S/C11H22N2S/c1-10(9-11(12)14)13-7-5-3-2-4-6-8-13/h10H,2-9H2,1H3,(H2,12,14). The molecule has 0 spiro atoms. The molecule has 0 aliphatic carbocycles. The van der Waals surface area contributed by atoms with Crippen molar-refractivity contribution >= 4 is 17.2 Å². The second-order valence-corrected chi connectivity index (χ2v) is 4.85. The summed E-state index contributed by atoms with van der Waals surface area (Å²) in [7, 11) is 0. The third-order valence-electron chi connectivity index (χ3n) is 3.01. The van der Waals surface area contributed by atoms with Crippen LogP contribution in [-0.4, -0.2) is 29.0 Å². The van der Waals surface area contributed by atoms with Gasteiger partial charge in [0.25, 0.3) is 0 Å². The molecular weight excluding hydrogens is 192 g/mol. The van der Waals surface area contributed by atoms with Gasteiger partial charge in [0.2, 0.25) is 0 Å². The Hall–Kier alpha value is -0.150. The molecule has 82 valence electrons. The van der Waals surface area contributed by atoms with Crippen molar-refractivity contribution in [2.45, 2.75) is 51.5 Å². The maximum atomic E-state index is 5.57. The predicted octanol–water partition coefficient (Wildman–Crippen LogP) is 2.32. The number of nitrogens with two attached hydrogens (primary N) is 1. The van der Waals surface area contributed by atoms with Crippen molar-refractivity contribution in [2.75, 3.05) is 13.1 Å². The van der Waals surface area contributed by atoms with Gasteiger partial charge < -0.3 is 10.6 Å². The zero-order valence-corrected chi connectivity index (χ0v) is 9.98. The first-order valence-corrected chi connectivity index (χ1v) is 6.13. The Labute approximate surface area is 92.8 Å². The first kappa shape index (κ1) is 11.9. The van der Waals surface area contributed by atoms with Crippen molar-refractivity contribution in [3.8, 4) is 0 Å². The minimum atomic E-state index is 0.533. The number of likely N-dealkylation sites (tertiary alicyclic amines) is 1. The third kappa shape index (κ3) is 4.38. The summed E-state index contributed by atoms with van der Waals surface area (Å²) in [6, 6.07) is 0.533. The first-order valence-electron chi connectivity index (χ1n) is 5.72. The Morgan fingerprint density at radius 2 is 1.71 bits per heavy atom. The van der Waals surface area contributed by atoms with E-state index in [2.05, 4.69) is 11.8 Å². The van der Waals surface area contributed by atoms with Crippen molar-refractivity contribution in [3.05, 3.63) is 0 Å². The van der Waals surface area contributed by atoms with Gasteiger partial charge in [-0.2, -0.15) is 0 Å². The van der Waals surface area contributed by atoms with Gasteiger partial charge in [0.1, 0.15) is 0 Å². The number of thiocarbonyl (C=S) groups is 1. The Morgan fingerprint density at radius 3 is 2.21 bits per heavy atom. The fraction of sp³-hybridized carbons (Fsp3) is 0.909. The van der Waals surface area contributed by atoms with Crippen molar-refractivity contribution in [2.24, 2.45) is 5.73 Å². The molecule has 0 aromatic carbocycles. The van der Waals surface area contributed by atoms with E-state index in [-0.39, 0.29) is 0 Å². The minimum absolute atomic E-state index is 0.533. The quantitative estimate of drug-likeness (QED) is 0.731. The van der Waals surface area contributed by atoms with Gasteiger partial charge in [-0.15, -0.1) is 0 Å². The summed E-state index contributed by atoms with van der Waals surface area (Å²) in [4.78, 5) is 3.19. The van der Waals surface area contributed by atoms with Gasteiger partial charge in [0, 0.05) is 12.5 Å². The van der Waals surface area contributed by atoms with Crippen LogP contribution in [0.2, 0.25) is 0 Å². The Balaban J connectivity index is 2.34. The van der Waals surface area contributed by atoms with E-state index in [1.165, 1.54) is 45.2 Å². The molecule has 1 saturated heterocycles. The molecule has 1 aliphatic rings. The molecule has 1 atom stereocenters. The molecule has 0 aromatic heterocycles.